The SMILES string of the molecule is CC(CCI)CO[Si](C)(C)C(C)(C)C. The molecule has 0 aliphatic heterocycles. The predicted molar refractivity (Wildman–Crippen MR) is 75.8 cm³/mol. The normalized spacial score (nSPS) is 15.6. The first-order valence-electron chi connectivity index (χ1n) is 5.40. The van der Waals surface area contributed by atoms with Crippen molar-refractivity contribution >= 4 is 30.9 Å². The van der Waals surface area contributed by atoms with Crippen molar-refractivity contribution in [2.24, 2.45) is 5.92 Å². The van der Waals surface area contributed by atoms with Gasteiger partial charge in [-0.3, -0.25) is 0 Å². The minimum atomic E-state index is -1.50. The molecule has 14 heavy (non-hydrogen) atoms. The summed E-state index contributed by atoms with van der Waals surface area (Å²) in [6, 6.07) is 0. The second kappa shape index (κ2) is 5.85. The zero-order valence-corrected chi connectivity index (χ0v) is 13.6. The topological polar surface area (TPSA) is 9.23 Å². The van der Waals surface area contributed by atoms with E-state index in [0.29, 0.717) is 11.0 Å². The van der Waals surface area contributed by atoms with E-state index in [-0.39, 0.29) is 0 Å². The molecule has 1 unspecified atom stereocenters. The molecule has 0 fully saturated rings. The van der Waals surface area contributed by atoms with Crippen LogP contribution in [0, 0.1) is 5.92 Å². The summed E-state index contributed by atoms with van der Waals surface area (Å²) < 4.78 is 7.38. The molecule has 86 valence electrons. The maximum atomic E-state index is 6.14. The molecule has 0 aromatic carbocycles. The third kappa shape index (κ3) is 5.12. The third-order valence-corrected chi connectivity index (χ3v) is 8.26. The Hall–Kier alpha value is 0.907. The Morgan fingerprint density at radius 2 is 1.79 bits per heavy atom. The summed E-state index contributed by atoms with van der Waals surface area (Å²) in [4.78, 5) is 0. The van der Waals surface area contributed by atoms with Crippen LogP contribution in [0.15, 0.2) is 0 Å². The minimum Gasteiger partial charge on any atom is -0.417 e. The first-order valence-corrected chi connectivity index (χ1v) is 9.84. The quantitative estimate of drug-likeness (QED) is 0.411. The van der Waals surface area contributed by atoms with E-state index < -0.39 is 8.32 Å². The van der Waals surface area contributed by atoms with Gasteiger partial charge in [-0.1, -0.05) is 50.3 Å². The lowest BCUT2D eigenvalue weighted by molar-refractivity contribution is 0.236. The van der Waals surface area contributed by atoms with Crippen molar-refractivity contribution in [3.63, 3.8) is 0 Å². The summed E-state index contributed by atoms with van der Waals surface area (Å²) in [5.74, 6) is 0.709. The van der Waals surface area contributed by atoms with Crippen LogP contribution in [0.5, 0.6) is 0 Å². The fourth-order valence-electron chi connectivity index (χ4n) is 0.837. The van der Waals surface area contributed by atoms with Gasteiger partial charge < -0.3 is 4.43 Å². The van der Waals surface area contributed by atoms with E-state index in [1.165, 1.54) is 10.8 Å². The number of alkyl halides is 1. The molecular weight excluding hydrogens is 303 g/mol. The Bertz CT molecular complexity index is 163. The summed E-state index contributed by atoms with van der Waals surface area (Å²) in [6.07, 6.45) is 1.27. The first kappa shape index (κ1) is 14.9. The van der Waals surface area contributed by atoms with Gasteiger partial charge in [-0.25, -0.2) is 0 Å². The van der Waals surface area contributed by atoms with Gasteiger partial charge in [-0.05, 0) is 34.9 Å². The lowest BCUT2D eigenvalue weighted by Crippen LogP contribution is -2.41. The van der Waals surface area contributed by atoms with E-state index in [9.17, 15) is 0 Å². The van der Waals surface area contributed by atoms with Crippen molar-refractivity contribution in [3.05, 3.63) is 0 Å². The molecule has 0 amide bonds. The molecule has 0 aromatic rings. The molecule has 1 nitrogen and oxygen atoms in total. The Balaban J connectivity index is 3.99. The van der Waals surface area contributed by atoms with Crippen LogP contribution in [-0.4, -0.2) is 19.4 Å². The largest absolute Gasteiger partial charge is 0.417 e. The fourth-order valence-corrected chi connectivity index (χ4v) is 3.03. The average Bonchev–Trinajstić information content (AvgIpc) is 1.99. The van der Waals surface area contributed by atoms with Crippen molar-refractivity contribution in [1.82, 2.24) is 0 Å². The van der Waals surface area contributed by atoms with Gasteiger partial charge in [-0.15, -0.1) is 0 Å². The van der Waals surface area contributed by atoms with Crippen molar-refractivity contribution in [3.8, 4) is 0 Å². The second-order valence-corrected chi connectivity index (χ2v) is 11.5. The van der Waals surface area contributed by atoms with Crippen LogP contribution in [-0.2, 0) is 4.43 Å². The Morgan fingerprint density at radius 1 is 1.29 bits per heavy atom. The molecule has 0 aliphatic rings. The molecule has 0 N–H and O–H groups in total. The zero-order valence-electron chi connectivity index (χ0n) is 10.5. The highest BCUT2D eigenvalue weighted by Crippen LogP contribution is 2.36. The monoisotopic (exact) mass is 328 g/mol. The molecule has 0 saturated carbocycles. The van der Waals surface area contributed by atoms with Gasteiger partial charge in [0.15, 0.2) is 8.32 Å². The molecular formula is C11H25IOSi. The van der Waals surface area contributed by atoms with E-state index >= 15 is 0 Å². The zero-order chi connectivity index (χ0) is 11.4. The summed E-state index contributed by atoms with van der Waals surface area (Å²) in [7, 11) is -1.50. The van der Waals surface area contributed by atoms with Crippen LogP contribution < -0.4 is 0 Å². The van der Waals surface area contributed by atoms with E-state index in [1.807, 2.05) is 0 Å². The first-order chi connectivity index (χ1) is 6.20. The van der Waals surface area contributed by atoms with Crippen LogP contribution in [0.25, 0.3) is 0 Å². The molecule has 3 heteroatoms. The molecule has 0 aromatic heterocycles. The number of hydrogen-bond acceptors (Lipinski definition) is 1. The van der Waals surface area contributed by atoms with Crippen LogP contribution in [0.3, 0.4) is 0 Å². The second-order valence-electron chi connectivity index (χ2n) is 5.65. The van der Waals surface area contributed by atoms with Gasteiger partial charge in [0.05, 0.1) is 0 Å². The van der Waals surface area contributed by atoms with Crippen molar-refractivity contribution < 1.29 is 4.43 Å². The van der Waals surface area contributed by atoms with Gasteiger partial charge in [0.25, 0.3) is 0 Å². The van der Waals surface area contributed by atoms with Gasteiger partial charge in [0.1, 0.15) is 0 Å². The number of rotatable bonds is 5. The highest BCUT2D eigenvalue weighted by molar-refractivity contribution is 14.1. The molecule has 0 spiro atoms. The van der Waals surface area contributed by atoms with Crippen LogP contribution in [0.4, 0.5) is 0 Å². The standard InChI is InChI=1S/C11H25IOSi/c1-10(7-8-12)9-13-14(5,6)11(2,3)4/h10H,7-9H2,1-6H3. The van der Waals surface area contributed by atoms with E-state index in [1.54, 1.807) is 0 Å². The lowest BCUT2D eigenvalue weighted by Gasteiger charge is -2.37. The maximum absolute atomic E-state index is 6.14. The van der Waals surface area contributed by atoms with Crippen LogP contribution >= 0.6 is 22.6 Å². The van der Waals surface area contributed by atoms with Crippen LogP contribution in [0.1, 0.15) is 34.1 Å². The van der Waals surface area contributed by atoms with Crippen LogP contribution in [0.2, 0.25) is 18.1 Å². The van der Waals surface area contributed by atoms with E-state index in [0.717, 1.165) is 6.61 Å². The Kier molecular flexibility index (Phi) is 6.22. The predicted octanol–water partition coefficient (Wildman–Crippen LogP) is 4.47. The van der Waals surface area contributed by atoms with E-state index in [4.69, 9.17) is 4.43 Å². The van der Waals surface area contributed by atoms with Crippen molar-refractivity contribution in [2.75, 3.05) is 11.0 Å². The summed E-state index contributed by atoms with van der Waals surface area (Å²) >= 11 is 2.44. The molecule has 1 atom stereocenters. The molecule has 0 aliphatic carbocycles. The third-order valence-electron chi connectivity index (χ3n) is 3.14. The van der Waals surface area contributed by atoms with Gasteiger partial charge in [-0.2, -0.15) is 0 Å². The molecule has 0 heterocycles. The molecule has 0 bridgehead atoms. The smallest absolute Gasteiger partial charge is 0.191 e. The highest BCUT2D eigenvalue weighted by atomic mass is 127. The maximum Gasteiger partial charge on any atom is 0.191 e. The lowest BCUT2D eigenvalue weighted by atomic mass is 10.1. The number of hydrogen-bond donors (Lipinski definition) is 0. The minimum absolute atomic E-state index is 0.344. The molecule has 0 saturated heterocycles. The highest BCUT2D eigenvalue weighted by Gasteiger charge is 2.37. The van der Waals surface area contributed by atoms with Gasteiger partial charge >= 0.3 is 0 Å². The summed E-state index contributed by atoms with van der Waals surface area (Å²) in [5, 5.41) is 0.344. The fraction of sp³-hybridized carbons (Fsp3) is 1.00. The average molecular weight is 328 g/mol. The van der Waals surface area contributed by atoms with Gasteiger partial charge in [0.2, 0.25) is 0 Å². The Labute approximate surface area is 104 Å². The van der Waals surface area contributed by atoms with Gasteiger partial charge in [0, 0.05) is 6.61 Å². The van der Waals surface area contributed by atoms with E-state index in [2.05, 4.69) is 63.4 Å². The van der Waals surface area contributed by atoms with Crippen molar-refractivity contribution in [2.45, 2.75) is 52.2 Å². The van der Waals surface area contributed by atoms with Crippen molar-refractivity contribution in [1.29, 1.82) is 0 Å². The molecule has 0 radical (unpaired) electrons. The summed E-state index contributed by atoms with van der Waals surface area (Å²) in [6.45, 7) is 14.8. The Morgan fingerprint density at radius 3 is 2.14 bits per heavy atom. The number of halogens is 1. The molecule has 0 rings (SSSR count). The summed E-state index contributed by atoms with van der Waals surface area (Å²) in [5.41, 5.74) is 0.